The number of aryl methyl sites for hydroxylation is 2. The Labute approximate surface area is 155 Å². The number of carbonyl (C=O) groups is 1. The molecule has 0 saturated heterocycles. The van der Waals surface area contributed by atoms with E-state index in [0.717, 1.165) is 22.5 Å². The molecule has 0 aromatic heterocycles. The van der Waals surface area contributed by atoms with E-state index in [9.17, 15) is 13.2 Å². The molecule has 26 heavy (non-hydrogen) atoms. The van der Waals surface area contributed by atoms with Crippen LogP contribution in [-0.4, -0.2) is 26.1 Å². The molecular weight excluding hydrogens is 350 g/mol. The minimum atomic E-state index is -3.30. The highest BCUT2D eigenvalue weighted by Gasteiger charge is 2.14. The lowest BCUT2D eigenvalue weighted by Crippen LogP contribution is -2.32. The smallest absolute Gasteiger partial charge is 0.246 e. The fraction of sp³-hybridized carbons (Fsp3) is 0.316. The van der Waals surface area contributed by atoms with Crippen molar-refractivity contribution in [2.45, 2.75) is 33.7 Å². The third-order valence-electron chi connectivity index (χ3n) is 3.95. The summed E-state index contributed by atoms with van der Waals surface area (Å²) in [5.41, 5.74) is 4.17. The van der Waals surface area contributed by atoms with E-state index < -0.39 is 16.1 Å². The average molecular weight is 375 g/mol. The van der Waals surface area contributed by atoms with Gasteiger partial charge in [-0.3, -0.25) is 9.52 Å². The SMILES string of the molecule is CCS(=O)(=O)Nc1ccc(N[C@@H](C)C(=O)Nc2ccc(C)cc2C)cc1. The number of sulfonamides is 1. The molecule has 1 atom stereocenters. The van der Waals surface area contributed by atoms with Crippen molar-refractivity contribution in [2.75, 3.05) is 21.1 Å². The molecule has 0 aliphatic carbocycles. The molecule has 2 aromatic rings. The monoisotopic (exact) mass is 375 g/mol. The van der Waals surface area contributed by atoms with Crippen molar-refractivity contribution >= 4 is 33.0 Å². The van der Waals surface area contributed by atoms with Gasteiger partial charge in [0.1, 0.15) is 6.04 Å². The maximum absolute atomic E-state index is 12.4. The molecule has 140 valence electrons. The fourth-order valence-corrected chi connectivity index (χ4v) is 3.04. The van der Waals surface area contributed by atoms with E-state index in [1.165, 1.54) is 0 Å². The van der Waals surface area contributed by atoms with E-state index in [-0.39, 0.29) is 11.7 Å². The number of benzene rings is 2. The normalized spacial score (nSPS) is 12.3. The Balaban J connectivity index is 1.98. The van der Waals surface area contributed by atoms with E-state index in [1.807, 2.05) is 32.0 Å². The van der Waals surface area contributed by atoms with E-state index in [4.69, 9.17) is 0 Å². The van der Waals surface area contributed by atoms with Crippen molar-refractivity contribution in [1.29, 1.82) is 0 Å². The van der Waals surface area contributed by atoms with Crippen LogP contribution in [0.2, 0.25) is 0 Å². The standard InChI is InChI=1S/C19H25N3O3S/c1-5-26(24,25)22-17-9-7-16(8-10-17)20-15(4)19(23)21-18-11-6-13(2)12-14(18)3/h6-12,15,20,22H,5H2,1-4H3,(H,21,23)/t15-/m0/s1. The number of nitrogens with one attached hydrogen (secondary N) is 3. The van der Waals surface area contributed by atoms with Crippen LogP contribution in [0.3, 0.4) is 0 Å². The van der Waals surface area contributed by atoms with Crippen molar-refractivity contribution in [1.82, 2.24) is 0 Å². The molecule has 0 unspecified atom stereocenters. The van der Waals surface area contributed by atoms with Gasteiger partial charge in [-0.2, -0.15) is 0 Å². The van der Waals surface area contributed by atoms with E-state index in [2.05, 4.69) is 15.4 Å². The summed E-state index contributed by atoms with van der Waals surface area (Å²) in [6.07, 6.45) is 0. The van der Waals surface area contributed by atoms with Crippen LogP contribution in [0.1, 0.15) is 25.0 Å². The summed E-state index contributed by atoms with van der Waals surface area (Å²) in [4.78, 5) is 12.4. The minimum Gasteiger partial charge on any atom is -0.374 e. The lowest BCUT2D eigenvalue weighted by molar-refractivity contribution is -0.116. The molecule has 7 heteroatoms. The van der Waals surface area contributed by atoms with Crippen molar-refractivity contribution in [2.24, 2.45) is 0 Å². The van der Waals surface area contributed by atoms with Crippen LogP contribution in [0.5, 0.6) is 0 Å². The second-order valence-corrected chi connectivity index (χ2v) is 8.27. The summed E-state index contributed by atoms with van der Waals surface area (Å²) in [7, 11) is -3.30. The van der Waals surface area contributed by atoms with Crippen LogP contribution in [0.4, 0.5) is 17.1 Å². The molecule has 0 radical (unpaired) electrons. The summed E-state index contributed by atoms with van der Waals surface area (Å²) in [6.45, 7) is 7.31. The maximum atomic E-state index is 12.4. The molecule has 1 amide bonds. The third kappa shape index (κ3) is 5.49. The van der Waals surface area contributed by atoms with Gasteiger partial charge in [0.25, 0.3) is 0 Å². The summed E-state index contributed by atoms with van der Waals surface area (Å²) in [5.74, 6) is -0.129. The molecule has 0 aliphatic heterocycles. The van der Waals surface area contributed by atoms with Gasteiger partial charge in [-0.25, -0.2) is 8.42 Å². The van der Waals surface area contributed by atoms with Crippen molar-refractivity contribution in [3.05, 3.63) is 53.6 Å². The first kappa shape index (κ1) is 19.8. The average Bonchev–Trinajstić information content (AvgIpc) is 2.58. The van der Waals surface area contributed by atoms with Crippen LogP contribution in [0.15, 0.2) is 42.5 Å². The molecule has 6 nitrogen and oxygen atoms in total. The van der Waals surface area contributed by atoms with Crippen LogP contribution in [-0.2, 0) is 14.8 Å². The molecule has 0 fully saturated rings. The largest absolute Gasteiger partial charge is 0.374 e. The molecule has 0 spiro atoms. The van der Waals surface area contributed by atoms with Gasteiger partial charge in [0.15, 0.2) is 0 Å². The molecule has 0 saturated carbocycles. The zero-order valence-electron chi connectivity index (χ0n) is 15.5. The van der Waals surface area contributed by atoms with E-state index in [1.54, 1.807) is 38.1 Å². The van der Waals surface area contributed by atoms with Gasteiger partial charge in [-0.1, -0.05) is 17.7 Å². The lowest BCUT2D eigenvalue weighted by atomic mass is 10.1. The lowest BCUT2D eigenvalue weighted by Gasteiger charge is -2.17. The molecule has 2 aromatic carbocycles. The van der Waals surface area contributed by atoms with E-state index >= 15 is 0 Å². The maximum Gasteiger partial charge on any atom is 0.246 e. The molecular formula is C19H25N3O3S. The highest BCUT2D eigenvalue weighted by molar-refractivity contribution is 7.92. The number of hydrogen-bond acceptors (Lipinski definition) is 4. The summed E-state index contributed by atoms with van der Waals surface area (Å²) in [5, 5.41) is 6.02. The van der Waals surface area contributed by atoms with Crippen molar-refractivity contribution in [3.63, 3.8) is 0 Å². The fourth-order valence-electron chi connectivity index (χ4n) is 2.40. The molecule has 0 heterocycles. The van der Waals surface area contributed by atoms with Crippen molar-refractivity contribution in [3.8, 4) is 0 Å². The minimum absolute atomic E-state index is 0.0165. The van der Waals surface area contributed by atoms with Gasteiger partial charge in [-0.05, 0) is 63.6 Å². The van der Waals surface area contributed by atoms with Crippen LogP contribution in [0.25, 0.3) is 0 Å². The molecule has 3 N–H and O–H groups in total. The molecule has 0 bridgehead atoms. The number of hydrogen-bond donors (Lipinski definition) is 3. The quantitative estimate of drug-likeness (QED) is 0.691. The van der Waals surface area contributed by atoms with Gasteiger partial charge < -0.3 is 10.6 Å². The predicted octanol–water partition coefficient (Wildman–Crippen LogP) is 3.50. The van der Waals surface area contributed by atoms with Gasteiger partial charge in [-0.15, -0.1) is 0 Å². The zero-order chi connectivity index (χ0) is 19.3. The highest BCUT2D eigenvalue weighted by Crippen LogP contribution is 2.18. The van der Waals surface area contributed by atoms with Gasteiger partial charge in [0.2, 0.25) is 15.9 Å². The van der Waals surface area contributed by atoms with E-state index in [0.29, 0.717) is 5.69 Å². The Hall–Kier alpha value is -2.54. The van der Waals surface area contributed by atoms with Crippen LogP contribution < -0.4 is 15.4 Å². The number of carbonyl (C=O) groups excluding carboxylic acids is 1. The second-order valence-electron chi connectivity index (χ2n) is 6.26. The Morgan fingerprint density at radius 2 is 1.65 bits per heavy atom. The predicted molar refractivity (Wildman–Crippen MR) is 107 cm³/mol. The Bertz CT molecular complexity index is 877. The topological polar surface area (TPSA) is 87.3 Å². The van der Waals surface area contributed by atoms with Crippen LogP contribution >= 0.6 is 0 Å². The second kappa shape index (κ2) is 8.23. The summed E-state index contributed by atoms with van der Waals surface area (Å²) in [6, 6.07) is 12.2. The Kier molecular flexibility index (Phi) is 6.26. The molecule has 0 aliphatic rings. The number of amides is 1. The first-order valence-corrected chi connectivity index (χ1v) is 10.1. The van der Waals surface area contributed by atoms with Gasteiger partial charge >= 0.3 is 0 Å². The Morgan fingerprint density at radius 1 is 1.04 bits per heavy atom. The first-order valence-electron chi connectivity index (χ1n) is 8.45. The van der Waals surface area contributed by atoms with Gasteiger partial charge in [0, 0.05) is 17.1 Å². The third-order valence-corrected chi connectivity index (χ3v) is 5.26. The van der Waals surface area contributed by atoms with Crippen LogP contribution in [0, 0.1) is 13.8 Å². The molecule has 2 rings (SSSR count). The summed E-state index contributed by atoms with van der Waals surface area (Å²) >= 11 is 0. The Morgan fingerprint density at radius 3 is 2.23 bits per heavy atom. The number of rotatable bonds is 7. The number of anilines is 3. The van der Waals surface area contributed by atoms with Crippen molar-refractivity contribution < 1.29 is 13.2 Å². The summed E-state index contributed by atoms with van der Waals surface area (Å²) < 4.78 is 25.6. The van der Waals surface area contributed by atoms with Gasteiger partial charge in [0.05, 0.1) is 5.75 Å². The highest BCUT2D eigenvalue weighted by atomic mass is 32.2. The zero-order valence-corrected chi connectivity index (χ0v) is 16.3. The first-order chi connectivity index (χ1) is 12.2.